The van der Waals surface area contributed by atoms with Crippen molar-refractivity contribution < 1.29 is 9.90 Å². The average Bonchev–Trinajstić information content (AvgIpc) is 1.55. The van der Waals surface area contributed by atoms with Crippen molar-refractivity contribution in [2.45, 2.75) is 6.42 Å². The first-order chi connectivity index (χ1) is 3.79. The van der Waals surface area contributed by atoms with E-state index in [4.69, 9.17) is 5.11 Å². The lowest BCUT2D eigenvalue weighted by Gasteiger charge is -2.22. The first-order valence-electron chi connectivity index (χ1n) is 2.58. The van der Waals surface area contributed by atoms with E-state index < -0.39 is 5.97 Å². The Morgan fingerprint density at radius 2 is 2.38 bits per heavy atom. The molecule has 1 fully saturated rings. The molecule has 8 heavy (non-hydrogen) atoms. The lowest BCUT2D eigenvalue weighted by molar-refractivity contribution is -0.137. The van der Waals surface area contributed by atoms with Crippen LogP contribution in [0.15, 0.2) is 0 Å². The minimum atomic E-state index is -0.657. The van der Waals surface area contributed by atoms with Crippen LogP contribution in [0.4, 0.5) is 0 Å². The number of carbonyl (C=O) groups is 1. The topological polar surface area (TPSA) is 37.3 Å². The zero-order valence-corrected chi connectivity index (χ0v) is 5.28. The van der Waals surface area contributed by atoms with E-state index in [9.17, 15) is 4.79 Å². The molecule has 1 saturated heterocycles. The minimum Gasteiger partial charge on any atom is -0.481 e. The van der Waals surface area contributed by atoms with Gasteiger partial charge >= 0.3 is 5.97 Å². The Morgan fingerprint density at radius 1 is 1.75 bits per heavy atom. The number of carboxylic acid groups (broad SMARTS) is 1. The summed E-state index contributed by atoms with van der Waals surface area (Å²) in [6.07, 6.45) is 0.368. The molecule has 0 spiro atoms. The Kier molecular flexibility index (Phi) is 1.78. The number of hydrogen-bond donors (Lipinski definition) is 1. The summed E-state index contributed by atoms with van der Waals surface area (Å²) in [5, 5.41) is 8.24. The van der Waals surface area contributed by atoms with E-state index in [-0.39, 0.29) is 0 Å². The molecule has 1 aliphatic rings. The van der Waals surface area contributed by atoms with Crippen molar-refractivity contribution >= 4 is 17.7 Å². The molecule has 0 radical (unpaired) electrons. The van der Waals surface area contributed by atoms with Crippen molar-refractivity contribution in [3.8, 4) is 0 Å². The monoisotopic (exact) mass is 132 g/mol. The molecular formula is C5H8O2S. The van der Waals surface area contributed by atoms with Crippen molar-refractivity contribution in [1.82, 2.24) is 0 Å². The van der Waals surface area contributed by atoms with E-state index in [0.717, 1.165) is 11.5 Å². The summed E-state index contributed by atoms with van der Waals surface area (Å²) in [6.45, 7) is 0. The summed E-state index contributed by atoms with van der Waals surface area (Å²) in [4.78, 5) is 9.99. The van der Waals surface area contributed by atoms with Gasteiger partial charge in [0.25, 0.3) is 0 Å². The van der Waals surface area contributed by atoms with Crippen LogP contribution < -0.4 is 0 Å². The van der Waals surface area contributed by atoms with Crippen LogP contribution in [0.3, 0.4) is 0 Å². The van der Waals surface area contributed by atoms with Crippen molar-refractivity contribution in [2.75, 3.05) is 11.5 Å². The Hall–Kier alpha value is -0.180. The van der Waals surface area contributed by atoms with Gasteiger partial charge in [0, 0.05) is 6.42 Å². The van der Waals surface area contributed by atoms with Gasteiger partial charge in [-0.1, -0.05) is 0 Å². The molecule has 1 N–H and O–H groups in total. The summed E-state index contributed by atoms with van der Waals surface area (Å²) in [5.74, 6) is 1.91. The van der Waals surface area contributed by atoms with Crippen LogP contribution in [0.2, 0.25) is 0 Å². The van der Waals surface area contributed by atoms with Crippen molar-refractivity contribution in [1.29, 1.82) is 0 Å². The van der Waals surface area contributed by atoms with Gasteiger partial charge in [-0.2, -0.15) is 11.8 Å². The first kappa shape index (κ1) is 5.95. The van der Waals surface area contributed by atoms with Gasteiger partial charge in [-0.3, -0.25) is 4.79 Å². The second-order valence-electron chi connectivity index (χ2n) is 2.00. The fourth-order valence-corrected chi connectivity index (χ4v) is 1.45. The molecule has 0 unspecified atom stereocenters. The molecule has 1 heterocycles. The highest BCUT2D eigenvalue weighted by Crippen LogP contribution is 2.26. The molecule has 1 rings (SSSR count). The molecule has 0 aliphatic carbocycles. The lowest BCUT2D eigenvalue weighted by Crippen LogP contribution is -2.21. The van der Waals surface area contributed by atoms with Crippen LogP contribution >= 0.6 is 11.8 Å². The summed E-state index contributed by atoms with van der Waals surface area (Å²) in [6, 6.07) is 0. The Bertz CT molecular complexity index is 98.6. The lowest BCUT2D eigenvalue weighted by atomic mass is 10.1. The van der Waals surface area contributed by atoms with Gasteiger partial charge in [-0.05, 0) is 17.4 Å². The third-order valence-electron chi connectivity index (χ3n) is 1.17. The van der Waals surface area contributed by atoms with Crippen molar-refractivity contribution in [3.63, 3.8) is 0 Å². The molecular weight excluding hydrogens is 124 g/mol. The van der Waals surface area contributed by atoms with Gasteiger partial charge in [0.15, 0.2) is 0 Å². The highest BCUT2D eigenvalue weighted by Gasteiger charge is 2.20. The minimum absolute atomic E-state index is 0.368. The third-order valence-corrected chi connectivity index (χ3v) is 2.58. The van der Waals surface area contributed by atoms with Crippen LogP contribution in [0.5, 0.6) is 0 Å². The number of thioether (sulfide) groups is 1. The van der Waals surface area contributed by atoms with Gasteiger partial charge < -0.3 is 5.11 Å². The molecule has 0 amide bonds. The molecule has 0 atom stereocenters. The molecule has 46 valence electrons. The van der Waals surface area contributed by atoms with E-state index in [0.29, 0.717) is 12.3 Å². The Labute approximate surface area is 52.3 Å². The number of hydrogen-bond acceptors (Lipinski definition) is 2. The van der Waals surface area contributed by atoms with Crippen molar-refractivity contribution in [3.05, 3.63) is 0 Å². The van der Waals surface area contributed by atoms with E-state index >= 15 is 0 Å². The second-order valence-corrected chi connectivity index (χ2v) is 3.08. The van der Waals surface area contributed by atoms with Crippen LogP contribution in [-0.2, 0) is 4.79 Å². The molecule has 0 aromatic heterocycles. The third kappa shape index (κ3) is 1.40. The van der Waals surface area contributed by atoms with Crippen LogP contribution in [-0.4, -0.2) is 22.6 Å². The number of aliphatic carboxylic acids is 1. The average molecular weight is 132 g/mol. The normalized spacial score (nSPS) is 20.0. The van der Waals surface area contributed by atoms with Crippen LogP contribution in [0, 0.1) is 5.92 Å². The molecule has 1 aliphatic heterocycles. The zero-order chi connectivity index (χ0) is 5.98. The zero-order valence-electron chi connectivity index (χ0n) is 4.46. The molecule has 2 nitrogen and oxygen atoms in total. The molecule has 0 saturated carbocycles. The quantitative estimate of drug-likeness (QED) is 0.604. The van der Waals surface area contributed by atoms with Gasteiger partial charge in [-0.15, -0.1) is 0 Å². The SMILES string of the molecule is O=C(O)CC1CSC1. The van der Waals surface area contributed by atoms with Gasteiger partial charge in [0.05, 0.1) is 0 Å². The summed E-state index contributed by atoms with van der Waals surface area (Å²) in [5.41, 5.74) is 0. The van der Waals surface area contributed by atoms with Gasteiger partial charge in [0.2, 0.25) is 0 Å². The molecule has 0 aromatic carbocycles. The highest BCUT2D eigenvalue weighted by molar-refractivity contribution is 8.00. The molecule has 0 bridgehead atoms. The summed E-state index contributed by atoms with van der Waals surface area (Å²) in [7, 11) is 0. The molecule has 0 aromatic rings. The number of carboxylic acids is 1. The second kappa shape index (κ2) is 2.40. The predicted octanol–water partition coefficient (Wildman–Crippen LogP) is 0.824. The van der Waals surface area contributed by atoms with Crippen LogP contribution in [0.1, 0.15) is 6.42 Å². The fraction of sp³-hybridized carbons (Fsp3) is 0.800. The first-order valence-corrected chi connectivity index (χ1v) is 3.74. The highest BCUT2D eigenvalue weighted by atomic mass is 32.2. The molecule has 3 heteroatoms. The van der Waals surface area contributed by atoms with E-state index in [1.54, 1.807) is 0 Å². The largest absolute Gasteiger partial charge is 0.481 e. The predicted molar refractivity (Wildman–Crippen MR) is 33.1 cm³/mol. The van der Waals surface area contributed by atoms with Crippen LogP contribution in [0.25, 0.3) is 0 Å². The smallest absolute Gasteiger partial charge is 0.303 e. The maximum absolute atomic E-state index is 9.99. The maximum atomic E-state index is 9.99. The fourth-order valence-electron chi connectivity index (χ4n) is 0.649. The number of rotatable bonds is 2. The van der Waals surface area contributed by atoms with E-state index in [1.807, 2.05) is 11.8 Å². The standard InChI is InChI=1S/C5H8O2S/c6-5(7)1-4-2-8-3-4/h4H,1-3H2,(H,6,7). The maximum Gasteiger partial charge on any atom is 0.303 e. The van der Waals surface area contributed by atoms with Gasteiger partial charge in [0.1, 0.15) is 0 Å². The van der Waals surface area contributed by atoms with Gasteiger partial charge in [-0.25, -0.2) is 0 Å². The van der Waals surface area contributed by atoms with E-state index in [2.05, 4.69) is 0 Å². The van der Waals surface area contributed by atoms with E-state index in [1.165, 1.54) is 0 Å². The summed E-state index contributed by atoms with van der Waals surface area (Å²) >= 11 is 1.82. The Balaban J connectivity index is 2.09. The Morgan fingerprint density at radius 3 is 2.50 bits per heavy atom. The van der Waals surface area contributed by atoms with Crippen molar-refractivity contribution in [2.24, 2.45) is 5.92 Å². The summed E-state index contributed by atoms with van der Waals surface area (Å²) < 4.78 is 0.